The number of thiazole rings is 1. The highest BCUT2D eigenvalue weighted by Gasteiger charge is 2.18. The fourth-order valence-electron chi connectivity index (χ4n) is 2.94. The number of hydrogen-bond acceptors (Lipinski definition) is 4. The number of rotatable bonds is 4. The number of hydrogen-bond donors (Lipinski definition) is 1. The smallest absolute Gasteiger partial charge is 0.259 e. The number of amides is 1. The van der Waals surface area contributed by atoms with Crippen molar-refractivity contribution in [1.29, 1.82) is 0 Å². The van der Waals surface area contributed by atoms with Crippen LogP contribution in [0.1, 0.15) is 35.8 Å². The van der Waals surface area contributed by atoms with Gasteiger partial charge in [0.1, 0.15) is 0 Å². The fourth-order valence-corrected chi connectivity index (χ4v) is 4.02. The number of benzene rings is 1. The van der Waals surface area contributed by atoms with Gasteiger partial charge in [-0.05, 0) is 37.4 Å². The summed E-state index contributed by atoms with van der Waals surface area (Å²) in [6, 6.07) is 5.00. The molecule has 1 aromatic heterocycles. The van der Waals surface area contributed by atoms with E-state index in [1.54, 1.807) is 18.2 Å². The largest absolute Gasteiger partial charge is 0.298 e. The Kier molecular flexibility index (Phi) is 5.76. The van der Waals surface area contributed by atoms with Gasteiger partial charge in [0.25, 0.3) is 5.91 Å². The average molecular weight is 384 g/mol. The molecule has 0 aliphatic carbocycles. The topological polar surface area (TPSA) is 45.2 Å². The van der Waals surface area contributed by atoms with E-state index in [0.29, 0.717) is 15.7 Å². The second kappa shape index (κ2) is 7.83. The third-order valence-corrected chi connectivity index (χ3v) is 5.72. The van der Waals surface area contributed by atoms with Crippen LogP contribution in [0.5, 0.6) is 0 Å². The highest BCUT2D eigenvalue weighted by atomic mass is 35.5. The van der Waals surface area contributed by atoms with Crippen LogP contribution in [0.2, 0.25) is 10.0 Å². The van der Waals surface area contributed by atoms with E-state index in [2.05, 4.69) is 22.1 Å². The van der Waals surface area contributed by atoms with E-state index in [1.807, 2.05) is 5.38 Å². The zero-order valence-corrected chi connectivity index (χ0v) is 15.7. The normalized spacial score (nSPS) is 18.5. The molecule has 3 rings (SSSR count). The lowest BCUT2D eigenvalue weighted by Crippen LogP contribution is -2.33. The fraction of sp³-hybridized carbons (Fsp3) is 0.412. The molecule has 1 aromatic carbocycles. The minimum absolute atomic E-state index is 0.260. The van der Waals surface area contributed by atoms with Crippen molar-refractivity contribution in [1.82, 2.24) is 9.88 Å². The molecule has 128 valence electrons. The molecule has 1 N–H and O–H groups in total. The summed E-state index contributed by atoms with van der Waals surface area (Å²) in [6.07, 6.45) is 2.54. The Balaban J connectivity index is 1.63. The van der Waals surface area contributed by atoms with E-state index < -0.39 is 0 Å². The Morgan fingerprint density at radius 3 is 3.08 bits per heavy atom. The van der Waals surface area contributed by atoms with Crippen LogP contribution in [0.15, 0.2) is 23.6 Å². The van der Waals surface area contributed by atoms with E-state index in [4.69, 9.17) is 23.2 Å². The number of nitrogens with one attached hydrogen (secondary N) is 1. The summed E-state index contributed by atoms with van der Waals surface area (Å²) in [7, 11) is 0. The van der Waals surface area contributed by atoms with Gasteiger partial charge in [-0.2, -0.15) is 0 Å². The highest BCUT2D eigenvalue weighted by molar-refractivity contribution is 7.14. The molecule has 0 spiro atoms. The molecule has 2 aromatic rings. The second-order valence-electron chi connectivity index (χ2n) is 6.18. The molecule has 0 bridgehead atoms. The first-order valence-electron chi connectivity index (χ1n) is 7.95. The molecule has 1 atom stereocenters. The highest BCUT2D eigenvalue weighted by Crippen LogP contribution is 2.27. The number of likely N-dealkylation sites (tertiary alicyclic amines) is 1. The van der Waals surface area contributed by atoms with Crippen molar-refractivity contribution < 1.29 is 4.79 Å². The van der Waals surface area contributed by atoms with Crippen LogP contribution in [-0.2, 0) is 6.54 Å². The number of halogens is 2. The number of carbonyl (C=O) groups excluding carboxylic acids is 1. The Morgan fingerprint density at radius 2 is 2.29 bits per heavy atom. The van der Waals surface area contributed by atoms with Crippen molar-refractivity contribution in [3.05, 3.63) is 44.9 Å². The van der Waals surface area contributed by atoms with Gasteiger partial charge in [-0.15, -0.1) is 11.3 Å². The molecule has 7 heteroatoms. The van der Waals surface area contributed by atoms with E-state index >= 15 is 0 Å². The lowest BCUT2D eigenvalue weighted by Gasteiger charge is -2.30. The predicted octanol–water partition coefficient (Wildman–Crippen LogP) is 4.93. The maximum Gasteiger partial charge on any atom is 0.259 e. The SMILES string of the molecule is C[C@H]1CCCN(Cc2csc(NC(=O)c3cccc(Cl)c3Cl)n2)C1. The van der Waals surface area contributed by atoms with Gasteiger partial charge < -0.3 is 0 Å². The summed E-state index contributed by atoms with van der Waals surface area (Å²) in [6.45, 7) is 5.33. The van der Waals surface area contributed by atoms with E-state index in [1.165, 1.54) is 24.2 Å². The summed E-state index contributed by atoms with van der Waals surface area (Å²) < 4.78 is 0. The van der Waals surface area contributed by atoms with Crippen molar-refractivity contribution in [2.24, 2.45) is 5.92 Å². The van der Waals surface area contributed by atoms with Crippen LogP contribution in [0, 0.1) is 5.92 Å². The van der Waals surface area contributed by atoms with Gasteiger partial charge in [0.05, 0.1) is 21.3 Å². The first-order valence-corrected chi connectivity index (χ1v) is 9.58. The maximum atomic E-state index is 12.3. The lowest BCUT2D eigenvalue weighted by molar-refractivity contribution is 0.102. The second-order valence-corrected chi connectivity index (χ2v) is 7.83. The maximum absolute atomic E-state index is 12.3. The van der Waals surface area contributed by atoms with Crippen molar-refractivity contribution in [2.45, 2.75) is 26.3 Å². The molecule has 1 aliphatic heterocycles. The third kappa shape index (κ3) is 4.28. The van der Waals surface area contributed by atoms with Crippen molar-refractivity contribution in [2.75, 3.05) is 18.4 Å². The first kappa shape index (κ1) is 17.7. The number of carbonyl (C=O) groups is 1. The molecule has 0 saturated carbocycles. The number of nitrogens with zero attached hydrogens (tertiary/aromatic N) is 2. The van der Waals surface area contributed by atoms with Gasteiger partial charge in [-0.25, -0.2) is 4.98 Å². The van der Waals surface area contributed by atoms with Crippen molar-refractivity contribution >= 4 is 45.6 Å². The zero-order valence-electron chi connectivity index (χ0n) is 13.4. The van der Waals surface area contributed by atoms with Crippen LogP contribution in [0.25, 0.3) is 0 Å². The number of piperidine rings is 1. The average Bonchev–Trinajstić information content (AvgIpc) is 2.97. The summed E-state index contributed by atoms with van der Waals surface area (Å²) in [4.78, 5) is 19.3. The van der Waals surface area contributed by atoms with Crippen molar-refractivity contribution in [3.8, 4) is 0 Å². The molecule has 24 heavy (non-hydrogen) atoms. The van der Waals surface area contributed by atoms with Gasteiger partial charge in [-0.1, -0.05) is 36.2 Å². The molecule has 2 heterocycles. The third-order valence-electron chi connectivity index (χ3n) is 4.10. The monoisotopic (exact) mass is 383 g/mol. The Labute approximate surface area is 155 Å². The summed E-state index contributed by atoms with van der Waals surface area (Å²) in [5.74, 6) is 0.441. The molecule has 4 nitrogen and oxygen atoms in total. The standard InChI is InChI=1S/C17H19Cl2N3OS/c1-11-4-3-7-22(8-11)9-12-10-24-17(20-12)21-16(23)13-5-2-6-14(18)15(13)19/h2,5-6,10-11H,3-4,7-9H2,1H3,(H,20,21,23)/t11-/m0/s1. The molecular formula is C17H19Cl2N3OS. The molecular weight excluding hydrogens is 365 g/mol. The van der Waals surface area contributed by atoms with Crippen molar-refractivity contribution in [3.63, 3.8) is 0 Å². The summed E-state index contributed by atoms with van der Waals surface area (Å²) >= 11 is 13.5. The van der Waals surface area contributed by atoms with Crippen LogP contribution >= 0.6 is 34.5 Å². The Bertz CT molecular complexity index is 734. The van der Waals surface area contributed by atoms with Gasteiger partial charge in [0.15, 0.2) is 5.13 Å². The molecule has 0 unspecified atom stereocenters. The van der Waals surface area contributed by atoms with Crippen LogP contribution in [0.4, 0.5) is 5.13 Å². The van der Waals surface area contributed by atoms with Gasteiger partial charge >= 0.3 is 0 Å². The van der Waals surface area contributed by atoms with Crippen LogP contribution in [0.3, 0.4) is 0 Å². The molecule has 1 amide bonds. The number of anilines is 1. The summed E-state index contributed by atoms with van der Waals surface area (Å²) in [5, 5.41) is 6.00. The lowest BCUT2D eigenvalue weighted by atomic mass is 10.0. The van der Waals surface area contributed by atoms with E-state index in [-0.39, 0.29) is 10.9 Å². The number of aromatic nitrogens is 1. The van der Waals surface area contributed by atoms with Gasteiger partial charge in [-0.3, -0.25) is 15.0 Å². The zero-order chi connectivity index (χ0) is 17.1. The quantitative estimate of drug-likeness (QED) is 0.813. The van der Waals surface area contributed by atoms with Gasteiger partial charge in [0.2, 0.25) is 0 Å². The van der Waals surface area contributed by atoms with Gasteiger partial charge in [0, 0.05) is 18.5 Å². The molecule has 0 radical (unpaired) electrons. The van der Waals surface area contributed by atoms with Crippen LogP contribution < -0.4 is 5.32 Å². The van der Waals surface area contributed by atoms with E-state index in [0.717, 1.165) is 31.2 Å². The Morgan fingerprint density at radius 1 is 1.46 bits per heavy atom. The van der Waals surface area contributed by atoms with E-state index in [9.17, 15) is 4.79 Å². The molecule has 1 saturated heterocycles. The first-order chi connectivity index (χ1) is 11.5. The minimum atomic E-state index is -0.296. The van der Waals surface area contributed by atoms with Crippen LogP contribution in [-0.4, -0.2) is 28.9 Å². The Hall–Kier alpha value is -1.14. The molecule has 1 fully saturated rings. The summed E-state index contributed by atoms with van der Waals surface area (Å²) in [5.41, 5.74) is 1.34. The predicted molar refractivity (Wildman–Crippen MR) is 100 cm³/mol. The minimum Gasteiger partial charge on any atom is -0.298 e. The molecule has 1 aliphatic rings.